The van der Waals surface area contributed by atoms with Gasteiger partial charge in [-0.05, 0) is 75.2 Å². The van der Waals surface area contributed by atoms with Gasteiger partial charge in [-0.15, -0.1) is 0 Å². The summed E-state index contributed by atoms with van der Waals surface area (Å²) in [6, 6.07) is 2.35. The molecule has 5 nitrogen and oxygen atoms in total. The zero-order valence-corrected chi connectivity index (χ0v) is 17.8. The Hall–Kier alpha value is -1.34. The fraction of sp³-hybridized carbons (Fsp3) is 0.667. The first-order valence-electron chi connectivity index (χ1n) is 10.4. The van der Waals surface area contributed by atoms with E-state index in [0.29, 0.717) is 19.4 Å². The maximum Gasteiger partial charge on any atom is 0.266 e. The Kier molecular flexibility index (Phi) is 4.63. The topological polar surface area (TPSA) is 79.3 Å². The van der Waals surface area contributed by atoms with Crippen LogP contribution < -0.4 is 9.46 Å². The average molecular weight is 441 g/mol. The van der Waals surface area contributed by atoms with Gasteiger partial charge < -0.3 is 4.74 Å². The van der Waals surface area contributed by atoms with Gasteiger partial charge in [-0.1, -0.05) is 11.6 Å². The van der Waals surface area contributed by atoms with Gasteiger partial charge in [-0.2, -0.15) is 0 Å². The number of nitrogens with one attached hydrogen (secondary N) is 2. The van der Waals surface area contributed by atoms with Crippen LogP contribution in [0.3, 0.4) is 0 Å². The predicted molar refractivity (Wildman–Crippen MR) is 109 cm³/mol. The van der Waals surface area contributed by atoms with E-state index >= 15 is 0 Å². The highest BCUT2D eigenvalue weighted by atomic mass is 35.5. The summed E-state index contributed by atoms with van der Waals surface area (Å²) < 4.78 is 42.7. The van der Waals surface area contributed by atoms with Gasteiger partial charge in [0.05, 0.1) is 22.4 Å². The van der Waals surface area contributed by atoms with Crippen LogP contribution in [0, 0.1) is 33.8 Å². The maximum absolute atomic E-state index is 14.6. The van der Waals surface area contributed by atoms with Crippen LogP contribution in [0.25, 0.3) is 0 Å². The van der Waals surface area contributed by atoms with Gasteiger partial charge >= 0.3 is 0 Å². The molecule has 0 aliphatic heterocycles. The van der Waals surface area contributed by atoms with Gasteiger partial charge in [0.25, 0.3) is 5.91 Å². The minimum Gasteiger partial charge on any atom is -0.491 e. The Balaban J connectivity index is 1.29. The Morgan fingerprint density at radius 2 is 1.79 bits per heavy atom. The number of rotatable bonds is 6. The van der Waals surface area contributed by atoms with Crippen molar-refractivity contribution in [3.05, 3.63) is 28.5 Å². The van der Waals surface area contributed by atoms with E-state index in [4.69, 9.17) is 21.1 Å². The smallest absolute Gasteiger partial charge is 0.266 e. The molecule has 5 saturated carbocycles. The lowest BCUT2D eigenvalue weighted by Gasteiger charge is -2.56. The van der Waals surface area contributed by atoms with Gasteiger partial charge in [0.1, 0.15) is 21.5 Å². The minimum atomic E-state index is -3.25. The van der Waals surface area contributed by atoms with Crippen molar-refractivity contribution in [3.63, 3.8) is 0 Å². The molecule has 1 amide bonds. The molecule has 0 radical (unpaired) electrons. The third-order valence-electron chi connectivity index (χ3n) is 7.20. The number of halogens is 2. The summed E-state index contributed by atoms with van der Waals surface area (Å²) in [5, 5.41) is -0.183. The second kappa shape index (κ2) is 6.84. The highest BCUT2D eigenvalue weighted by molar-refractivity contribution is 7.92. The van der Waals surface area contributed by atoms with Gasteiger partial charge in [-0.25, -0.2) is 13.4 Å². The molecule has 5 aliphatic carbocycles. The van der Waals surface area contributed by atoms with Crippen LogP contribution in [-0.4, -0.2) is 22.0 Å². The molecule has 0 heterocycles. The molecule has 1 aromatic carbocycles. The molecule has 0 saturated heterocycles. The summed E-state index contributed by atoms with van der Waals surface area (Å²) in [4.78, 5) is 12.3. The SMILES string of the molecule is N=S(=O)(NC(=O)c1cc(Cl)c(OCC23CC4CC(CC(C4)C2)C3)cc1F)C1CC1. The monoisotopic (exact) mass is 440 g/mol. The molecule has 1 atom stereocenters. The van der Waals surface area contributed by atoms with Crippen molar-refractivity contribution in [1.82, 2.24) is 4.72 Å². The molecule has 6 rings (SSSR count). The van der Waals surface area contributed by atoms with Gasteiger partial charge in [0.15, 0.2) is 0 Å². The zero-order valence-electron chi connectivity index (χ0n) is 16.2. The van der Waals surface area contributed by atoms with Crippen LogP contribution in [0.15, 0.2) is 12.1 Å². The second-order valence-corrected chi connectivity index (χ2v) is 12.2. The Morgan fingerprint density at radius 3 is 2.34 bits per heavy atom. The minimum absolute atomic E-state index is 0.157. The first-order chi connectivity index (χ1) is 13.7. The summed E-state index contributed by atoms with van der Waals surface area (Å²) in [5.41, 5.74) is -0.135. The summed E-state index contributed by atoms with van der Waals surface area (Å²) in [6.07, 6.45) is 8.86. The van der Waals surface area contributed by atoms with Crippen molar-refractivity contribution in [3.8, 4) is 5.75 Å². The van der Waals surface area contributed by atoms with Crippen LogP contribution in [0.2, 0.25) is 5.02 Å². The largest absolute Gasteiger partial charge is 0.491 e. The van der Waals surface area contributed by atoms with Crippen LogP contribution in [0.1, 0.15) is 61.7 Å². The van der Waals surface area contributed by atoms with E-state index in [1.54, 1.807) is 0 Å². The van der Waals surface area contributed by atoms with Gasteiger partial charge in [0.2, 0.25) is 0 Å². The molecule has 8 heteroatoms. The molecule has 1 aromatic rings. The lowest BCUT2D eigenvalue weighted by molar-refractivity contribution is -0.0745. The number of hydrogen-bond donors (Lipinski definition) is 2. The van der Waals surface area contributed by atoms with E-state index < -0.39 is 21.6 Å². The van der Waals surface area contributed by atoms with E-state index in [0.717, 1.165) is 23.8 Å². The summed E-state index contributed by atoms with van der Waals surface area (Å²) in [7, 11) is -3.25. The molecule has 0 aromatic heterocycles. The van der Waals surface area contributed by atoms with Crippen molar-refractivity contribution >= 4 is 27.4 Å². The number of ether oxygens (including phenoxy) is 1. The molecule has 29 heavy (non-hydrogen) atoms. The summed E-state index contributed by atoms with van der Waals surface area (Å²) in [5.74, 6) is 0.991. The summed E-state index contributed by atoms with van der Waals surface area (Å²) in [6.45, 7) is 0.531. The lowest BCUT2D eigenvalue weighted by Crippen LogP contribution is -2.48. The molecule has 4 bridgehead atoms. The average Bonchev–Trinajstić information content (AvgIpc) is 3.46. The number of hydrogen-bond acceptors (Lipinski definition) is 4. The van der Waals surface area contributed by atoms with Crippen LogP contribution in [-0.2, 0) is 9.92 Å². The van der Waals surface area contributed by atoms with E-state index in [2.05, 4.69) is 4.72 Å². The van der Waals surface area contributed by atoms with Crippen LogP contribution >= 0.6 is 11.6 Å². The highest BCUT2D eigenvalue weighted by Crippen LogP contribution is 2.60. The molecule has 2 N–H and O–H groups in total. The molecular weight excluding hydrogens is 415 g/mol. The molecule has 158 valence electrons. The van der Waals surface area contributed by atoms with Crippen molar-refractivity contribution in [2.24, 2.45) is 23.2 Å². The number of benzene rings is 1. The van der Waals surface area contributed by atoms with Crippen LogP contribution in [0.4, 0.5) is 4.39 Å². The number of carbonyl (C=O) groups is 1. The molecule has 5 fully saturated rings. The number of amides is 1. The fourth-order valence-electron chi connectivity index (χ4n) is 6.19. The van der Waals surface area contributed by atoms with Crippen molar-refractivity contribution < 1.29 is 18.1 Å². The van der Waals surface area contributed by atoms with Gasteiger partial charge in [-0.3, -0.25) is 9.52 Å². The Morgan fingerprint density at radius 1 is 1.21 bits per heavy atom. The molecule has 0 spiro atoms. The first-order valence-corrected chi connectivity index (χ1v) is 12.4. The predicted octanol–water partition coefficient (Wildman–Crippen LogP) is 4.93. The Bertz CT molecular complexity index is 926. The van der Waals surface area contributed by atoms with E-state index in [9.17, 15) is 13.4 Å². The van der Waals surface area contributed by atoms with Crippen LogP contribution in [0.5, 0.6) is 5.75 Å². The number of carbonyl (C=O) groups excluding carboxylic acids is 1. The Labute approximate surface area is 175 Å². The first kappa shape index (κ1) is 19.6. The normalized spacial score (nSPS) is 34.6. The lowest BCUT2D eigenvalue weighted by atomic mass is 9.50. The molecule has 5 aliphatic rings. The molecule has 1 unspecified atom stereocenters. The second-order valence-electron chi connectivity index (χ2n) is 9.70. The van der Waals surface area contributed by atoms with E-state index in [1.165, 1.54) is 44.6 Å². The maximum atomic E-state index is 14.6. The van der Waals surface area contributed by atoms with Crippen molar-refractivity contribution in [2.75, 3.05) is 6.61 Å². The summed E-state index contributed by atoms with van der Waals surface area (Å²) >= 11 is 6.29. The third-order valence-corrected chi connectivity index (χ3v) is 9.40. The van der Waals surface area contributed by atoms with E-state index in [1.807, 2.05) is 0 Å². The zero-order chi connectivity index (χ0) is 20.4. The van der Waals surface area contributed by atoms with Crippen molar-refractivity contribution in [1.29, 1.82) is 4.78 Å². The third kappa shape index (κ3) is 3.76. The van der Waals surface area contributed by atoms with Gasteiger partial charge in [0, 0.05) is 11.5 Å². The quantitative estimate of drug-likeness (QED) is 0.658. The van der Waals surface area contributed by atoms with Crippen molar-refractivity contribution in [2.45, 2.75) is 56.6 Å². The standard InChI is InChI=1S/C21H26ClFN2O3S/c22-17-6-16(20(26)25-29(24,27)15-1-2-15)18(23)7-19(17)28-11-21-8-12-3-13(9-21)5-14(4-12)10-21/h6-7,12-15H,1-5,8-11H2,(H2,24,25,26,27). The molecular formula is C21H26ClFN2O3S. The fourth-order valence-corrected chi connectivity index (χ4v) is 7.76. The van der Waals surface area contributed by atoms with E-state index in [-0.39, 0.29) is 27.0 Å². The highest BCUT2D eigenvalue weighted by Gasteiger charge is 2.51.